The lowest BCUT2D eigenvalue weighted by atomic mass is 10.2. The molecule has 4 rings (SSSR count). The molecule has 0 atom stereocenters. The summed E-state index contributed by atoms with van der Waals surface area (Å²) in [6.07, 6.45) is 1.45. The van der Waals surface area contributed by atoms with Gasteiger partial charge in [0.2, 0.25) is 5.95 Å². The lowest BCUT2D eigenvalue weighted by molar-refractivity contribution is -0.0591. The van der Waals surface area contributed by atoms with Gasteiger partial charge in [-0.1, -0.05) is 6.07 Å². The second kappa shape index (κ2) is 10.3. The van der Waals surface area contributed by atoms with Gasteiger partial charge in [-0.15, -0.1) is 0 Å². The van der Waals surface area contributed by atoms with Crippen LogP contribution < -0.4 is 15.5 Å². The van der Waals surface area contributed by atoms with Gasteiger partial charge in [-0.2, -0.15) is 13.2 Å². The average Bonchev–Trinajstić information content (AvgIpc) is 3.10. The van der Waals surface area contributed by atoms with E-state index in [4.69, 9.17) is 9.57 Å². The number of fused-ring (bicyclic) bond motifs is 1. The van der Waals surface area contributed by atoms with Crippen LogP contribution in [0.2, 0.25) is 0 Å². The van der Waals surface area contributed by atoms with Gasteiger partial charge in [0.15, 0.2) is 0 Å². The third-order valence-corrected chi connectivity index (χ3v) is 5.55. The molecule has 0 saturated carbocycles. The van der Waals surface area contributed by atoms with Gasteiger partial charge in [0.05, 0.1) is 16.6 Å². The maximum absolute atomic E-state index is 12.7. The molecule has 1 amide bonds. The van der Waals surface area contributed by atoms with E-state index in [0.717, 1.165) is 5.52 Å². The number of hydrogen-bond acceptors (Lipinski definition) is 7. The molecule has 0 fully saturated rings. The second-order valence-electron chi connectivity index (χ2n) is 8.97. The standard InChI is InChI=1S/C25H24F3N5O3S/c1-24(2,3)36-32-22(34)20-14-17(10-11-29-20)35-16-8-9-21-19(13-16)31-23(33(21)4)30-15-6-5-7-18(12-15)37-25(26,27)28/h5-14H,1-4H3,(H,30,31)(H,32,34). The zero-order valence-corrected chi connectivity index (χ0v) is 21.2. The van der Waals surface area contributed by atoms with Crippen LogP contribution in [0, 0.1) is 0 Å². The Morgan fingerprint density at radius 3 is 2.51 bits per heavy atom. The Bertz CT molecular complexity index is 1430. The predicted molar refractivity (Wildman–Crippen MR) is 135 cm³/mol. The van der Waals surface area contributed by atoms with Crippen molar-refractivity contribution < 1.29 is 27.5 Å². The zero-order valence-electron chi connectivity index (χ0n) is 20.4. The van der Waals surface area contributed by atoms with Crippen molar-refractivity contribution in [1.29, 1.82) is 0 Å². The molecule has 0 unspecified atom stereocenters. The number of carbonyl (C=O) groups excluding carboxylic acids is 1. The van der Waals surface area contributed by atoms with Gasteiger partial charge in [0, 0.05) is 36.0 Å². The lowest BCUT2D eigenvalue weighted by Crippen LogP contribution is -2.33. The molecule has 0 aliphatic carbocycles. The number of aromatic nitrogens is 3. The number of nitrogens with one attached hydrogen (secondary N) is 2. The van der Waals surface area contributed by atoms with E-state index in [-0.39, 0.29) is 22.4 Å². The van der Waals surface area contributed by atoms with Gasteiger partial charge in [-0.05, 0) is 68.9 Å². The molecular formula is C25H24F3N5O3S. The summed E-state index contributed by atoms with van der Waals surface area (Å²) in [6, 6.07) is 14.4. The van der Waals surface area contributed by atoms with Crippen LogP contribution >= 0.6 is 11.8 Å². The summed E-state index contributed by atoms with van der Waals surface area (Å²) in [5.41, 5.74) is -0.575. The number of halogens is 3. The maximum atomic E-state index is 12.7. The fourth-order valence-electron chi connectivity index (χ4n) is 3.24. The van der Waals surface area contributed by atoms with Gasteiger partial charge in [-0.25, -0.2) is 10.5 Å². The molecule has 0 radical (unpaired) electrons. The maximum Gasteiger partial charge on any atom is 0.446 e. The molecule has 0 bridgehead atoms. The molecule has 0 saturated heterocycles. The Kier molecular flexibility index (Phi) is 7.32. The highest BCUT2D eigenvalue weighted by atomic mass is 32.2. The molecule has 37 heavy (non-hydrogen) atoms. The zero-order chi connectivity index (χ0) is 26.8. The summed E-state index contributed by atoms with van der Waals surface area (Å²) in [5, 5.41) is 3.07. The summed E-state index contributed by atoms with van der Waals surface area (Å²) in [5.74, 6) is 0.810. The third kappa shape index (κ3) is 7.14. The first-order chi connectivity index (χ1) is 17.4. The number of ether oxygens (including phenoxy) is 1. The van der Waals surface area contributed by atoms with Gasteiger partial charge >= 0.3 is 5.51 Å². The summed E-state index contributed by atoms with van der Waals surface area (Å²) in [6.45, 7) is 5.41. The molecule has 12 heteroatoms. The van der Waals surface area contributed by atoms with E-state index in [9.17, 15) is 18.0 Å². The predicted octanol–water partition coefficient (Wildman–Crippen LogP) is 6.58. The van der Waals surface area contributed by atoms with Gasteiger partial charge in [-0.3, -0.25) is 14.6 Å². The van der Waals surface area contributed by atoms with Crippen LogP contribution in [0.15, 0.2) is 65.7 Å². The Balaban J connectivity index is 1.50. The van der Waals surface area contributed by atoms with E-state index >= 15 is 0 Å². The van der Waals surface area contributed by atoms with Crippen molar-refractivity contribution in [3.8, 4) is 11.5 Å². The number of benzene rings is 2. The summed E-state index contributed by atoms with van der Waals surface area (Å²) >= 11 is -0.176. The number of pyridine rings is 1. The number of hydroxylamine groups is 1. The van der Waals surface area contributed by atoms with Gasteiger partial charge < -0.3 is 14.6 Å². The van der Waals surface area contributed by atoms with Crippen LogP contribution in [-0.2, 0) is 11.9 Å². The van der Waals surface area contributed by atoms with Gasteiger partial charge in [0.1, 0.15) is 17.2 Å². The first-order valence-electron chi connectivity index (χ1n) is 11.1. The number of hydrogen-bond donors (Lipinski definition) is 2. The normalized spacial score (nSPS) is 12.0. The van der Waals surface area contributed by atoms with Crippen molar-refractivity contribution in [2.24, 2.45) is 7.05 Å². The SMILES string of the molecule is Cn1c(Nc2cccc(SC(F)(F)F)c2)nc2cc(Oc3ccnc(C(=O)NOC(C)(C)C)c3)ccc21. The minimum atomic E-state index is -4.37. The summed E-state index contributed by atoms with van der Waals surface area (Å²) in [4.78, 5) is 26.3. The highest BCUT2D eigenvalue weighted by Gasteiger charge is 2.29. The van der Waals surface area contributed by atoms with Crippen LogP contribution in [-0.4, -0.2) is 31.6 Å². The van der Waals surface area contributed by atoms with E-state index in [1.54, 1.807) is 62.7 Å². The van der Waals surface area contributed by atoms with Crippen molar-refractivity contribution >= 4 is 40.3 Å². The number of rotatable bonds is 7. The molecule has 0 aliphatic rings. The minimum Gasteiger partial charge on any atom is -0.457 e. The van der Waals surface area contributed by atoms with E-state index < -0.39 is 17.0 Å². The largest absolute Gasteiger partial charge is 0.457 e. The number of amides is 1. The highest BCUT2D eigenvalue weighted by Crippen LogP contribution is 2.38. The fourth-order valence-corrected chi connectivity index (χ4v) is 3.84. The Hall–Kier alpha value is -3.77. The van der Waals surface area contributed by atoms with Crippen molar-refractivity contribution in [3.05, 3.63) is 66.5 Å². The van der Waals surface area contributed by atoms with Crippen molar-refractivity contribution in [1.82, 2.24) is 20.0 Å². The van der Waals surface area contributed by atoms with Crippen LogP contribution in [0.25, 0.3) is 11.0 Å². The molecule has 2 heterocycles. The lowest BCUT2D eigenvalue weighted by Gasteiger charge is -2.18. The van der Waals surface area contributed by atoms with Crippen molar-refractivity contribution in [3.63, 3.8) is 0 Å². The molecular weight excluding hydrogens is 507 g/mol. The quantitative estimate of drug-likeness (QED) is 0.206. The number of aryl methyl sites for hydroxylation is 1. The molecule has 2 aromatic carbocycles. The van der Waals surface area contributed by atoms with Crippen molar-refractivity contribution in [2.45, 2.75) is 36.8 Å². The van der Waals surface area contributed by atoms with Crippen LogP contribution in [0.3, 0.4) is 0 Å². The van der Waals surface area contributed by atoms with Gasteiger partial charge in [0.25, 0.3) is 5.91 Å². The molecule has 4 aromatic rings. The molecule has 194 valence electrons. The number of alkyl halides is 3. The topological polar surface area (TPSA) is 90.3 Å². The third-order valence-electron chi connectivity index (χ3n) is 4.83. The number of anilines is 2. The first kappa shape index (κ1) is 26.3. The van der Waals surface area contributed by atoms with Crippen LogP contribution in [0.1, 0.15) is 31.3 Å². The number of thioether (sulfide) groups is 1. The fraction of sp³-hybridized carbons (Fsp3) is 0.240. The Morgan fingerprint density at radius 2 is 1.78 bits per heavy atom. The number of imidazole rings is 1. The molecule has 0 spiro atoms. The summed E-state index contributed by atoms with van der Waals surface area (Å²) < 4.78 is 45.9. The molecule has 2 aromatic heterocycles. The highest BCUT2D eigenvalue weighted by molar-refractivity contribution is 8.00. The molecule has 2 N–H and O–H groups in total. The molecule has 8 nitrogen and oxygen atoms in total. The van der Waals surface area contributed by atoms with Crippen molar-refractivity contribution in [2.75, 3.05) is 5.32 Å². The Morgan fingerprint density at radius 1 is 1.03 bits per heavy atom. The van der Waals surface area contributed by atoms with E-state index in [0.29, 0.717) is 28.7 Å². The monoisotopic (exact) mass is 531 g/mol. The number of nitrogens with zero attached hydrogens (tertiary/aromatic N) is 3. The van der Waals surface area contributed by atoms with E-state index in [1.807, 2.05) is 6.07 Å². The van der Waals surface area contributed by atoms with Crippen LogP contribution in [0.5, 0.6) is 11.5 Å². The smallest absolute Gasteiger partial charge is 0.446 e. The first-order valence-corrected chi connectivity index (χ1v) is 11.9. The van der Waals surface area contributed by atoms with E-state index in [2.05, 4.69) is 20.8 Å². The Labute approximate surface area is 215 Å². The van der Waals surface area contributed by atoms with Crippen LogP contribution in [0.4, 0.5) is 24.8 Å². The summed E-state index contributed by atoms with van der Waals surface area (Å²) in [7, 11) is 1.79. The van der Waals surface area contributed by atoms with E-state index in [1.165, 1.54) is 24.4 Å². The number of carbonyl (C=O) groups is 1. The minimum absolute atomic E-state index is 0.0716. The molecule has 0 aliphatic heterocycles. The average molecular weight is 532 g/mol. The second-order valence-corrected chi connectivity index (χ2v) is 10.1.